The highest BCUT2D eigenvalue weighted by Crippen LogP contribution is 2.17. The summed E-state index contributed by atoms with van der Waals surface area (Å²) < 4.78 is 12.8. The van der Waals surface area contributed by atoms with E-state index in [1.54, 1.807) is 12.1 Å². The van der Waals surface area contributed by atoms with Crippen LogP contribution >= 0.6 is 11.8 Å². The van der Waals surface area contributed by atoms with Crippen molar-refractivity contribution in [1.29, 1.82) is 0 Å². The quantitative estimate of drug-likeness (QED) is 0.547. The number of amides is 2. The number of aryl methyl sites for hydroxylation is 2. The molecule has 2 aromatic carbocycles. The number of benzene rings is 2. The Morgan fingerprint density at radius 1 is 1.00 bits per heavy atom. The van der Waals surface area contributed by atoms with Crippen molar-refractivity contribution in [1.82, 2.24) is 10.9 Å². The molecule has 0 bridgehead atoms. The van der Waals surface area contributed by atoms with E-state index in [0.29, 0.717) is 0 Å². The molecular weight excluding hydrogens is 341 g/mol. The topological polar surface area (TPSA) is 70.2 Å². The average Bonchev–Trinajstić information content (AvgIpc) is 2.58. The Bertz CT molecular complexity index is 750. The highest BCUT2D eigenvalue weighted by atomic mass is 32.2. The molecule has 7 heteroatoms. The molecule has 5 nitrogen and oxygen atoms in total. The van der Waals surface area contributed by atoms with Gasteiger partial charge >= 0.3 is 0 Å². The fourth-order valence-corrected chi connectivity index (χ4v) is 2.79. The lowest BCUT2D eigenvalue weighted by Crippen LogP contribution is -2.44. The van der Waals surface area contributed by atoms with E-state index in [1.165, 1.54) is 23.9 Å². The molecule has 2 rings (SSSR count). The van der Waals surface area contributed by atoms with E-state index in [0.717, 1.165) is 21.7 Å². The molecule has 0 radical (unpaired) electrons. The first-order chi connectivity index (χ1) is 11.9. The van der Waals surface area contributed by atoms with Gasteiger partial charge in [0.1, 0.15) is 5.82 Å². The first kappa shape index (κ1) is 18.8. The van der Waals surface area contributed by atoms with Crippen LogP contribution in [0.2, 0.25) is 0 Å². The van der Waals surface area contributed by atoms with Gasteiger partial charge in [-0.25, -0.2) is 4.39 Å². The zero-order chi connectivity index (χ0) is 18.2. The number of thioether (sulfide) groups is 1. The number of hydrogen-bond acceptors (Lipinski definition) is 4. The molecule has 132 valence electrons. The molecule has 0 saturated heterocycles. The van der Waals surface area contributed by atoms with Crippen LogP contribution < -0.4 is 16.2 Å². The number of carbonyl (C=O) groups is 2. The minimum Gasteiger partial charge on any atom is -0.376 e. The number of hydrazine groups is 1. The Balaban J connectivity index is 1.68. The lowest BCUT2D eigenvalue weighted by Gasteiger charge is -2.11. The van der Waals surface area contributed by atoms with Gasteiger partial charge in [0.15, 0.2) is 0 Å². The zero-order valence-electron chi connectivity index (χ0n) is 14.1. The van der Waals surface area contributed by atoms with Crippen LogP contribution in [0.1, 0.15) is 11.1 Å². The highest BCUT2D eigenvalue weighted by Gasteiger charge is 2.06. The van der Waals surface area contributed by atoms with Gasteiger partial charge in [0.2, 0.25) is 5.91 Å². The SMILES string of the molecule is Cc1ccc(NCC(=O)NNC(=O)CSc2ccc(F)cc2)c(C)c1. The second-order valence-electron chi connectivity index (χ2n) is 5.51. The Morgan fingerprint density at radius 3 is 2.36 bits per heavy atom. The predicted molar refractivity (Wildman–Crippen MR) is 97.8 cm³/mol. The van der Waals surface area contributed by atoms with Gasteiger partial charge in [-0.2, -0.15) is 0 Å². The number of carbonyl (C=O) groups excluding carboxylic acids is 2. The predicted octanol–water partition coefficient (Wildman–Crippen LogP) is 2.79. The number of nitrogens with one attached hydrogen (secondary N) is 3. The van der Waals surface area contributed by atoms with Crippen LogP contribution in [-0.4, -0.2) is 24.1 Å². The summed E-state index contributed by atoms with van der Waals surface area (Å²) in [5.74, 6) is -0.886. The van der Waals surface area contributed by atoms with Gasteiger partial charge in [-0.1, -0.05) is 17.7 Å². The summed E-state index contributed by atoms with van der Waals surface area (Å²) in [7, 11) is 0. The largest absolute Gasteiger partial charge is 0.376 e. The maximum absolute atomic E-state index is 12.8. The third kappa shape index (κ3) is 6.46. The van der Waals surface area contributed by atoms with Crippen LogP contribution in [0.25, 0.3) is 0 Å². The van der Waals surface area contributed by atoms with Gasteiger partial charge in [0.25, 0.3) is 5.91 Å². The van der Waals surface area contributed by atoms with Gasteiger partial charge in [-0.05, 0) is 49.7 Å². The van der Waals surface area contributed by atoms with Crippen LogP contribution in [0.3, 0.4) is 0 Å². The molecule has 0 unspecified atom stereocenters. The van der Waals surface area contributed by atoms with E-state index in [9.17, 15) is 14.0 Å². The van der Waals surface area contributed by atoms with Crippen molar-refractivity contribution in [3.63, 3.8) is 0 Å². The monoisotopic (exact) mass is 361 g/mol. The van der Waals surface area contributed by atoms with E-state index >= 15 is 0 Å². The first-order valence-electron chi connectivity index (χ1n) is 7.71. The number of hydrogen-bond donors (Lipinski definition) is 3. The summed E-state index contributed by atoms with van der Waals surface area (Å²) in [5.41, 5.74) is 7.78. The van der Waals surface area contributed by atoms with E-state index < -0.39 is 0 Å². The lowest BCUT2D eigenvalue weighted by atomic mass is 10.1. The summed E-state index contributed by atoms with van der Waals surface area (Å²) in [4.78, 5) is 24.3. The molecule has 2 aromatic rings. The standard InChI is InChI=1S/C18H20FN3O2S/c1-12-3-8-16(13(2)9-12)20-10-17(23)21-22-18(24)11-25-15-6-4-14(19)5-7-15/h3-9,20H,10-11H2,1-2H3,(H,21,23)(H,22,24). The molecule has 25 heavy (non-hydrogen) atoms. The van der Waals surface area contributed by atoms with Gasteiger partial charge in [-0.15, -0.1) is 11.8 Å². The molecule has 0 fully saturated rings. The molecule has 0 aliphatic carbocycles. The Morgan fingerprint density at radius 2 is 1.68 bits per heavy atom. The average molecular weight is 361 g/mol. The van der Waals surface area contributed by atoms with E-state index in [1.807, 2.05) is 32.0 Å². The summed E-state index contributed by atoms with van der Waals surface area (Å²) >= 11 is 1.26. The minimum absolute atomic E-state index is 0.0509. The second-order valence-corrected chi connectivity index (χ2v) is 6.56. The smallest absolute Gasteiger partial charge is 0.257 e. The van der Waals surface area contributed by atoms with Crippen molar-refractivity contribution < 1.29 is 14.0 Å². The van der Waals surface area contributed by atoms with Crippen LogP contribution in [-0.2, 0) is 9.59 Å². The number of rotatable bonds is 6. The molecule has 0 saturated carbocycles. The van der Waals surface area contributed by atoms with Crippen molar-refractivity contribution in [2.75, 3.05) is 17.6 Å². The van der Waals surface area contributed by atoms with Crippen LogP contribution in [0.15, 0.2) is 47.4 Å². The highest BCUT2D eigenvalue weighted by molar-refractivity contribution is 8.00. The van der Waals surface area contributed by atoms with Gasteiger partial charge < -0.3 is 5.32 Å². The Labute approximate surface area is 150 Å². The van der Waals surface area contributed by atoms with E-state index in [2.05, 4.69) is 16.2 Å². The normalized spacial score (nSPS) is 10.2. The maximum Gasteiger partial charge on any atom is 0.257 e. The summed E-state index contributed by atoms with van der Waals surface area (Å²) in [6.07, 6.45) is 0. The molecule has 0 spiro atoms. The molecule has 0 atom stereocenters. The van der Waals surface area contributed by atoms with Crippen LogP contribution in [0.5, 0.6) is 0 Å². The zero-order valence-corrected chi connectivity index (χ0v) is 14.9. The van der Waals surface area contributed by atoms with Crippen molar-refractivity contribution in [2.45, 2.75) is 18.7 Å². The van der Waals surface area contributed by atoms with Gasteiger partial charge in [-0.3, -0.25) is 20.4 Å². The summed E-state index contributed by atoms with van der Waals surface area (Å²) in [6.45, 7) is 4.01. The Hall–Kier alpha value is -2.54. The number of halogens is 1. The molecule has 0 aromatic heterocycles. The molecule has 0 aliphatic rings. The molecule has 0 heterocycles. The molecule has 0 aliphatic heterocycles. The van der Waals surface area contributed by atoms with E-state index in [-0.39, 0.29) is 29.9 Å². The third-order valence-electron chi connectivity index (χ3n) is 3.35. The van der Waals surface area contributed by atoms with Crippen LogP contribution in [0.4, 0.5) is 10.1 Å². The summed E-state index contributed by atoms with van der Waals surface area (Å²) in [5, 5.41) is 3.02. The molecular formula is C18H20FN3O2S. The Kier molecular flexibility index (Phi) is 6.82. The van der Waals surface area contributed by atoms with Crippen molar-refractivity contribution in [3.8, 4) is 0 Å². The fourth-order valence-electron chi connectivity index (χ4n) is 2.09. The van der Waals surface area contributed by atoms with Crippen molar-refractivity contribution in [3.05, 3.63) is 59.4 Å². The van der Waals surface area contributed by atoms with Crippen molar-refractivity contribution >= 4 is 29.3 Å². The van der Waals surface area contributed by atoms with E-state index in [4.69, 9.17) is 0 Å². The van der Waals surface area contributed by atoms with Crippen LogP contribution in [0, 0.1) is 19.7 Å². The fraction of sp³-hybridized carbons (Fsp3) is 0.222. The van der Waals surface area contributed by atoms with Crippen molar-refractivity contribution in [2.24, 2.45) is 0 Å². The second kappa shape index (κ2) is 9.08. The molecule has 3 N–H and O–H groups in total. The minimum atomic E-state index is -0.347. The van der Waals surface area contributed by atoms with Gasteiger partial charge in [0, 0.05) is 10.6 Å². The number of anilines is 1. The first-order valence-corrected chi connectivity index (χ1v) is 8.70. The maximum atomic E-state index is 12.8. The summed E-state index contributed by atoms with van der Waals surface area (Å²) in [6, 6.07) is 11.8. The third-order valence-corrected chi connectivity index (χ3v) is 4.36. The van der Waals surface area contributed by atoms with Gasteiger partial charge in [0.05, 0.1) is 12.3 Å². The lowest BCUT2D eigenvalue weighted by molar-refractivity contribution is -0.126. The molecule has 2 amide bonds.